The summed E-state index contributed by atoms with van der Waals surface area (Å²) in [6.07, 6.45) is 31.6. The summed E-state index contributed by atoms with van der Waals surface area (Å²) < 4.78 is 0. The third-order valence-electron chi connectivity index (χ3n) is 14.3. The molecule has 0 unspecified atom stereocenters. The number of aryl methyl sites for hydroxylation is 14. The second-order valence-electron chi connectivity index (χ2n) is 19.2. The van der Waals surface area contributed by atoms with E-state index in [9.17, 15) is 0 Å². The molecule has 0 aromatic heterocycles. The quantitative estimate of drug-likeness (QED) is 0.0364. The lowest BCUT2D eigenvalue weighted by atomic mass is 9.85. The SMILES string of the molecule is C=CCCCCc1c(CCCCC=C)c2cc(C)ccc2c2ccc(C)cc12.Cc1cc(CCCCCc2ccc3c(c2)CC3)c(C)cc1CCCCCc1ccc2c(c1)CC2. The number of hydrogen-bond donors (Lipinski definition) is 0. The van der Waals surface area contributed by atoms with Gasteiger partial charge in [-0.1, -0.05) is 121 Å². The minimum absolute atomic E-state index is 1.11. The van der Waals surface area contributed by atoms with Crippen molar-refractivity contribution in [3.8, 4) is 0 Å². The highest BCUT2D eigenvalue weighted by Crippen LogP contribution is 2.36. The Kier molecular flexibility index (Phi) is 16.5. The van der Waals surface area contributed by atoms with Gasteiger partial charge in [-0.15, -0.1) is 13.2 Å². The van der Waals surface area contributed by atoms with Crippen LogP contribution in [0, 0.1) is 27.7 Å². The molecule has 0 aliphatic heterocycles. The fourth-order valence-electron chi connectivity index (χ4n) is 10.3. The first-order valence-corrected chi connectivity index (χ1v) is 24.8. The average Bonchev–Trinajstić information content (AvgIpc) is 3.24. The van der Waals surface area contributed by atoms with E-state index in [2.05, 4.69) is 126 Å². The van der Waals surface area contributed by atoms with Gasteiger partial charge in [0, 0.05) is 0 Å². The van der Waals surface area contributed by atoms with E-state index in [4.69, 9.17) is 0 Å². The maximum Gasteiger partial charge on any atom is -0.0102 e. The highest BCUT2D eigenvalue weighted by atomic mass is 14.2. The van der Waals surface area contributed by atoms with Crippen LogP contribution in [-0.2, 0) is 64.2 Å². The van der Waals surface area contributed by atoms with Gasteiger partial charge in [-0.25, -0.2) is 0 Å². The van der Waals surface area contributed by atoms with Crippen molar-refractivity contribution in [1.29, 1.82) is 0 Å². The first kappa shape index (κ1) is 45.3. The average molecular weight is 821 g/mol. The molecule has 0 saturated heterocycles. The van der Waals surface area contributed by atoms with Crippen LogP contribution in [0.15, 0.2) is 110 Å². The normalized spacial score (nSPS) is 12.6. The maximum absolute atomic E-state index is 3.88. The Morgan fingerprint density at radius 1 is 0.371 bits per heavy atom. The Balaban J connectivity index is 0.000000190. The summed E-state index contributed by atoms with van der Waals surface area (Å²) >= 11 is 0. The predicted octanol–water partition coefficient (Wildman–Crippen LogP) is 16.8. The number of fused-ring (bicyclic) bond motifs is 5. The van der Waals surface area contributed by atoms with Gasteiger partial charge in [-0.05, 0) is 244 Å². The van der Waals surface area contributed by atoms with Crippen molar-refractivity contribution >= 4 is 21.5 Å². The monoisotopic (exact) mass is 821 g/mol. The smallest absolute Gasteiger partial charge is 0.0102 e. The molecule has 0 spiro atoms. The molecule has 62 heavy (non-hydrogen) atoms. The molecule has 0 radical (unpaired) electrons. The van der Waals surface area contributed by atoms with Crippen LogP contribution in [0.1, 0.15) is 155 Å². The standard InChI is InChI=1S/C34H42.C28H34/c1-25-21-32(12-8-4-6-10-28-14-16-30-18-20-34(30)24-28)26(2)22-31(25)11-7-3-5-9-27-13-15-29-17-19-33(29)23-27;1-5-7-9-11-13-23-24(14-12-10-8-6-2)28-20-22(4)16-18-26(28)25-17-15-21(3)19-27(23)25/h13-16,21-24H,3-12,17-20H2,1-2H3;5-6,15-20H,1-2,7-14H2,3-4H3. The lowest BCUT2D eigenvalue weighted by Gasteiger charge is -2.19. The number of unbranched alkanes of at least 4 members (excludes halogenated alkanes) is 8. The molecule has 6 aromatic rings. The van der Waals surface area contributed by atoms with Gasteiger partial charge >= 0.3 is 0 Å². The minimum Gasteiger partial charge on any atom is -0.103 e. The van der Waals surface area contributed by atoms with Crippen LogP contribution in [0.5, 0.6) is 0 Å². The first-order valence-electron chi connectivity index (χ1n) is 24.8. The Morgan fingerprint density at radius 3 is 1.16 bits per heavy atom. The molecule has 324 valence electrons. The molecule has 0 atom stereocenters. The fraction of sp³-hybridized carbons (Fsp3) is 0.419. The van der Waals surface area contributed by atoms with Gasteiger partial charge in [0.1, 0.15) is 0 Å². The molecular formula is C62H76. The molecule has 0 heteroatoms. The van der Waals surface area contributed by atoms with E-state index in [-0.39, 0.29) is 0 Å². The van der Waals surface area contributed by atoms with Gasteiger partial charge in [0.15, 0.2) is 0 Å². The lowest BCUT2D eigenvalue weighted by Crippen LogP contribution is -2.08. The van der Waals surface area contributed by atoms with Crippen LogP contribution >= 0.6 is 0 Å². The zero-order valence-electron chi connectivity index (χ0n) is 39.2. The van der Waals surface area contributed by atoms with Gasteiger partial charge in [0.25, 0.3) is 0 Å². The van der Waals surface area contributed by atoms with Crippen LogP contribution in [0.25, 0.3) is 21.5 Å². The van der Waals surface area contributed by atoms with Crippen LogP contribution in [0.3, 0.4) is 0 Å². The molecule has 0 amide bonds. The van der Waals surface area contributed by atoms with Crippen molar-refractivity contribution < 1.29 is 0 Å². The van der Waals surface area contributed by atoms with Crippen molar-refractivity contribution in [2.45, 2.75) is 169 Å². The molecule has 2 aliphatic carbocycles. The molecular weight excluding hydrogens is 745 g/mol. The van der Waals surface area contributed by atoms with E-state index in [0.29, 0.717) is 0 Å². The van der Waals surface area contributed by atoms with Crippen LogP contribution < -0.4 is 0 Å². The fourth-order valence-corrected chi connectivity index (χ4v) is 10.3. The number of benzene rings is 6. The predicted molar refractivity (Wildman–Crippen MR) is 273 cm³/mol. The van der Waals surface area contributed by atoms with E-state index in [1.807, 2.05) is 12.2 Å². The molecule has 0 bridgehead atoms. The molecule has 0 saturated carbocycles. The first-order chi connectivity index (χ1) is 30.3. The largest absolute Gasteiger partial charge is 0.103 e. The van der Waals surface area contributed by atoms with Crippen molar-refractivity contribution in [2.24, 2.45) is 0 Å². The zero-order chi connectivity index (χ0) is 43.3. The Hall–Kier alpha value is -4.68. The van der Waals surface area contributed by atoms with Crippen LogP contribution in [0.4, 0.5) is 0 Å². The summed E-state index contributed by atoms with van der Waals surface area (Å²) in [4.78, 5) is 0. The van der Waals surface area contributed by atoms with Crippen LogP contribution in [-0.4, -0.2) is 0 Å². The molecule has 8 rings (SSSR count). The second kappa shape index (κ2) is 22.6. The van der Waals surface area contributed by atoms with Gasteiger partial charge in [-0.3, -0.25) is 0 Å². The zero-order valence-corrected chi connectivity index (χ0v) is 39.2. The molecule has 6 aromatic carbocycles. The van der Waals surface area contributed by atoms with Crippen molar-refractivity contribution in [3.05, 3.63) is 188 Å². The van der Waals surface area contributed by atoms with Crippen LogP contribution in [0.2, 0.25) is 0 Å². The summed E-state index contributed by atoms with van der Waals surface area (Å²) in [6, 6.07) is 33.3. The highest BCUT2D eigenvalue weighted by molar-refractivity contribution is 6.11. The summed E-state index contributed by atoms with van der Waals surface area (Å²) in [5, 5.41) is 5.76. The summed E-state index contributed by atoms with van der Waals surface area (Å²) in [5.74, 6) is 0. The Labute approximate surface area is 377 Å². The summed E-state index contributed by atoms with van der Waals surface area (Å²) in [5.41, 5.74) is 21.5. The maximum atomic E-state index is 3.88. The molecule has 2 aliphatic rings. The second-order valence-corrected chi connectivity index (χ2v) is 19.2. The van der Waals surface area contributed by atoms with Crippen molar-refractivity contribution in [2.75, 3.05) is 0 Å². The Morgan fingerprint density at radius 2 is 0.774 bits per heavy atom. The Bertz CT molecular complexity index is 2280. The van der Waals surface area contributed by atoms with E-state index >= 15 is 0 Å². The minimum atomic E-state index is 1.11. The summed E-state index contributed by atoms with van der Waals surface area (Å²) in [6.45, 7) is 16.8. The molecule has 0 heterocycles. The van der Waals surface area contributed by atoms with E-state index in [0.717, 1.165) is 25.7 Å². The van der Waals surface area contributed by atoms with Gasteiger partial charge in [-0.2, -0.15) is 0 Å². The lowest BCUT2D eigenvalue weighted by molar-refractivity contribution is 0.670. The topological polar surface area (TPSA) is 0 Å². The van der Waals surface area contributed by atoms with Gasteiger partial charge in [0.2, 0.25) is 0 Å². The molecule has 0 nitrogen and oxygen atoms in total. The number of hydrogen-bond acceptors (Lipinski definition) is 0. The summed E-state index contributed by atoms with van der Waals surface area (Å²) in [7, 11) is 0. The number of allylic oxidation sites excluding steroid dienone is 2. The van der Waals surface area contributed by atoms with Crippen molar-refractivity contribution in [3.63, 3.8) is 0 Å². The highest BCUT2D eigenvalue weighted by Gasteiger charge is 2.16. The van der Waals surface area contributed by atoms with E-state index in [1.54, 1.807) is 55.6 Å². The third-order valence-corrected chi connectivity index (χ3v) is 14.3. The third kappa shape index (κ3) is 11.9. The van der Waals surface area contributed by atoms with E-state index in [1.165, 1.54) is 159 Å². The molecule has 0 fully saturated rings. The molecule has 0 N–H and O–H groups in total. The van der Waals surface area contributed by atoms with Gasteiger partial charge in [0.05, 0.1) is 0 Å². The van der Waals surface area contributed by atoms with Gasteiger partial charge < -0.3 is 0 Å². The number of rotatable bonds is 22. The van der Waals surface area contributed by atoms with Crippen molar-refractivity contribution in [1.82, 2.24) is 0 Å². The van der Waals surface area contributed by atoms with E-state index < -0.39 is 0 Å².